The molecule has 0 radical (unpaired) electrons. The van der Waals surface area contributed by atoms with Crippen LogP contribution in [0.15, 0.2) is 40.9 Å². The SMILES string of the molecule is Cc1cc(NC(=O)COC(=O)c2cc(F)ccc2Cl)ccc1Br. The van der Waals surface area contributed by atoms with E-state index in [1.165, 1.54) is 6.07 Å². The third-order valence-corrected chi connectivity index (χ3v) is 4.14. The third kappa shape index (κ3) is 4.77. The number of ether oxygens (including phenoxy) is 1. The summed E-state index contributed by atoms with van der Waals surface area (Å²) < 4.78 is 18.9. The van der Waals surface area contributed by atoms with Gasteiger partial charge in [-0.25, -0.2) is 9.18 Å². The predicted octanol–water partition coefficient (Wildman–Crippen LogP) is 4.35. The highest BCUT2D eigenvalue weighted by molar-refractivity contribution is 9.10. The van der Waals surface area contributed by atoms with Gasteiger partial charge in [0.15, 0.2) is 6.61 Å². The van der Waals surface area contributed by atoms with Crippen molar-refractivity contribution in [3.05, 3.63) is 62.8 Å². The summed E-state index contributed by atoms with van der Waals surface area (Å²) in [5.74, 6) is -1.99. The standard InChI is InChI=1S/C16H12BrClFNO3/c1-9-6-11(3-4-13(9)17)20-15(21)8-23-16(22)12-7-10(19)2-5-14(12)18/h2-7H,8H2,1H3,(H,20,21). The lowest BCUT2D eigenvalue weighted by Gasteiger charge is -2.08. The van der Waals surface area contributed by atoms with Crippen LogP contribution in [-0.4, -0.2) is 18.5 Å². The summed E-state index contributed by atoms with van der Waals surface area (Å²) in [7, 11) is 0. The Morgan fingerprint density at radius 2 is 2.00 bits per heavy atom. The van der Waals surface area contributed by atoms with E-state index in [1.54, 1.807) is 18.2 Å². The number of benzene rings is 2. The van der Waals surface area contributed by atoms with Crippen molar-refractivity contribution in [3.63, 3.8) is 0 Å². The molecule has 0 saturated carbocycles. The van der Waals surface area contributed by atoms with Crippen molar-refractivity contribution in [2.24, 2.45) is 0 Å². The molecule has 0 heterocycles. The van der Waals surface area contributed by atoms with Crippen molar-refractivity contribution in [2.75, 3.05) is 11.9 Å². The number of hydrogen-bond acceptors (Lipinski definition) is 3. The Balaban J connectivity index is 1.94. The molecule has 2 aromatic rings. The molecule has 1 N–H and O–H groups in total. The minimum absolute atomic E-state index is 0.0559. The summed E-state index contributed by atoms with van der Waals surface area (Å²) in [6.07, 6.45) is 0. The second-order valence-electron chi connectivity index (χ2n) is 4.71. The van der Waals surface area contributed by atoms with Crippen LogP contribution >= 0.6 is 27.5 Å². The van der Waals surface area contributed by atoms with E-state index in [4.69, 9.17) is 16.3 Å². The molecule has 0 spiro atoms. The molecule has 0 unspecified atom stereocenters. The minimum Gasteiger partial charge on any atom is -0.452 e. The lowest BCUT2D eigenvalue weighted by Crippen LogP contribution is -2.21. The first-order chi connectivity index (χ1) is 10.9. The van der Waals surface area contributed by atoms with Gasteiger partial charge in [0.25, 0.3) is 5.91 Å². The topological polar surface area (TPSA) is 55.4 Å². The second kappa shape index (κ2) is 7.57. The highest BCUT2D eigenvalue weighted by Gasteiger charge is 2.15. The van der Waals surface area contributed by atoms with E-state index in [1.807, 2.05) is 6.92 Å². The maximum atomic E-state index is 13.1. The van der Waals surface area contributed by atoms with Gasteiger partial charge in [-0.05, 0) is 48.9 Å². The maximum Gasteiger partial charge on any atom is 0.340 e. The molecule has 120 valence electrons. The average molecular weight is 401 g/mol. The summed E-state index contributed by atoms with van der Waals surface area (Å²) in [6, 6.07) is 8.61. The smallest absolute Gasteiger partial charge is 0.340 e. The predicted molar refractivity (Wildman–Crippen MR) is 89.2 cm³/mol. The molecular formula is C16H12BrClFNO3. The van der Waals surface area contributed by atoms with Crippen LogP contribution in [0.1, 0.15) is 15.9 Å². The lowest BCUT2D eigenvalue weighted by atomic mass is 10.2. The van der Waals surface area contributed by atoms with Crippen LogP contribution in [-0.2, 0) is 9.53 Å². The van der Waals surface area contributed by atoms with E-state index in [-0.39, 0.29) is 10.6 Å². The van der Waals surface area contributed by atoms with Crippen molar-refractivity contribution < 1.29 is 18.7 Å². The molecule has 0 saturated heterocycles. The molecule has 1 amide bonds. The third-order valence-electron chi connectivity index (χ3n) is 2.92. The molecular weight excluding hydrogens is 389 g/mol. The number of carbonyl (C=O) groups excluding carboxylic acids is 2. The number of anilines is 1. The van der Waals surface area contributed by atoms with Crippen molar-refractivity contribution in [2.45, 2.75) is 6.92 Å². The highest BCUT2D eigenvalue weighted by Crippen LogP contribution is 2.20. The number of amides is 1. The van der Waals surface area contributed by atoms with E-state index >= 15 is 0 Å². The number of esters is 1. The zero-order valence-electron chi connectivity index (χ0n) is 12.0. The van der Waals surface area contributed by atoms with Crippen molar-refractivity contribution in [3.8, 4) is 0 Å². The Hall–Kier alpha value is -1.92. The quantitative estimate of drug-likeness (QED) is 0.777. The Bertz CT molecular complexity index is 767. The van der Waals surface area contributed by atoms with Crippen LogP contribution < -0.4 is 5.32 Å². The molecule has 7 heteroatoms. The average Bonchev–Trinajstić information content (AvgIpc) is 2.51. The largest absolute Gasteiger partial charge is 0.452 e. The molecule has 0 aliphatic rings. The first kappa shape index (κ1) is 17.4. The van der Waals surface area contributed by atoms with Crippen LogP contribution in [0.2, 0.25) is 5.02 Å². The Morgan fingerprint density at radius 1 is 1.26 bits per heavy atom. The maximum absolute atomic E-state index is 13.1. The number of aryl methyl sites for hydroxylation is 1. The monoisotopic (exact) mass is 399 g/mol. The van der Waals surface area contributed by atoms with Gasteiger partial charge in [-0.1, -0.05) is 27.5 Å². The molecule has 0 aliphatic heterocycles. The first-order valence-corrected chi connectivity index (χ1v) is 7.72. The molecule has 0 fully saturated rings. The van der Waals surface area contributed by atoms with Gasteiger partial charge in [0.1, 0.15) is 5.82 Å². The van der Waals surface area contributed by atoms with Crippen LogP contribution in [0.3, 0.4) is 0 Å². The van der Waals surface area contributed by atoms with E-state index in [0.717, 1.165) is 22.2 Å². The highest BCUT2D eigenvalue weighted by atomic mass is 79.9. The summed E-state index contributed by atoms with van der Waals surface area (Å²) in [6.45, 7) is 1.38. The van der Waals surface area contributed by atoms with Crippen LogP contribution in [0.25, 0.3) is 0 Å². The number of nitrogens with one attached hydrogen (secondary N) is 1. The first-order valence-electron chi connectivity index (χ1n) is 6.55. The lowest BCUT2D eigenvalue weighted by molar-refractivity contribution is -0.119. The Morgan fingerprint density at radius 3 is 2.70 bits per heavy atom. The summed E-state index contributed by atoms with van der Waals surface area (Å²) >= 11 is 9.15. The van der Waals surface area contributed by atoms with E-state index in [0.29, 0.717) is 5.69 Å². The number of halogens is 3. The van der Waals surface area contributed by atoms with Crippen LogP contribution in [0, 0.1) is 12.7 Å². The van der Waals surface area contributed by atoms with Gasteiger partial charge in [0, 0.05) is 10.2 Å². The molecule has 0 atom stereocenters. The molecule has 0 bridgehead atoms. The summed E-state index contributed by atoms with van der Waals surface area (Å²) in [5.41, 5.74) is 1.40. The van der Waals surface area contributed by atoms with Gasteiger partial charge in [0.2, 0.25) is 0 Å². The van der Waals surface area contributed by atoms with Gasteiger partial charge >= 0.3 is 5.97 Å². The van der Waals surface area contributed by atoms with E-state index < -0.39 is 24.3 Å². The van der Waals surface area contributed by atoms with Gasteiger partial charge in [-0.15, -0.1) is 0 Å². The van der Waals surface area contributed by atoms with Gasteiger partial charge in [-0.2, -0.15) is 0 Å². The molecule has 0 aliphatic carbocycles. The van der Waals surface area contributed by atoms with Crippen molar-refractivity contribution >= 4 is 45.1 Å². The molecule has 4 nitrogen and oxygen atoms in total. The Labute approximate surface area is 145 Å². The summed E-state index contributed by atoms with van der Waals surface area (Å²) in [4.78, 5) is 23.6. The second-order valence-corrected chi connectivity index (χ2v) is 5.97. The Kier molecular flexibility index (Phi) is 5.74. The van der Waals surface area contributed by atoms with Gasteiger partial charge < -0.3 is 10.1 Å². The molecule has 2 rings (SSSR count). The number of carbonyl (C=O) groups is 2. The zero-order valence-corrected chi connectivity index (χ0v) is 14.4. The summed E-state index contributed by atoms with van der Waals surface area (Å²) in [5, 5.41) is 2.65. The van der Waals surface area contributed by atoms with Crippen LogP contribution in [0.5, 0.6) is 0 Å². The van der Waals surface area contributed by atoms with E-state index in [2.05, 4.69) is 21.2 Å². The van der Waals surface area contributed by atoms with E-state index in [9.17, 15) is 14.0 Å². The molecule has 23 heavy (non-hydrogen) atoms. The van der Waals surface area contributed by atoms with Crippen LogP contribution in [0.4, 0.5) is 10.1 Å². The molecule has 0 aromatic heterocycles. The number of hydrogen-bond donors (Lipinski definition) is 1. The number of rotatable bonds is 4. The van der Waals surface area contributed by atoms with Gasteiger partial charge in [0.05, 0.1) is 10.6 Å². The fraction of sp³-hybridized carbons (Fsp3) is 0.125. The molecule has 2 aromatic carbocycles. The van der Waals surface area contributed by atoms with Gasteiger partial charge in [-0.3, -0.25) is 4.79 Å². The van der Waals surface area contributed by atoms with Crippen molar-refractivity contribution in [1.82, 2.24) is 0 Å². The fourth-order valence-corrected chi connectivity index (χ4v) is 2.22. The fourth-order valence-electron chi connectivity index (χ4n) is 1.78. The van der Waals surface area contributed by atoms with Crippen molar-refractivity contribution in [1.29, 1.82) is 0 Å². The zero-order chi connectivity index (χ0) is 17.0. The normalized spacial score (nSPS) is 10.3. The minimum atomic E-state index is -0.864.